The second-order valence-corrected chi connectivity index (χ2v) is 5.26. The molecule has 0 spiro atoms. The van der Waals surface area contributed by atoms with E-state index in [1.807, 2.05) is 12.1 Å². The molecule has 0 aromatic heterocycles. The zero-order valence-electron chi connectivity index (χ0n) is 12.0. The highest BCUT2D eigenvalue weighted by Gasteiger charge is 2.03. The number of hydrogen-bond acceptors (Lipinski definition) is 2. The van der Waals surface area contributed by atoms with Crippen LogP contribution in [-0.4, -0.2) is 13.6 Å². The third-order valence-electron chi connectivity index (χ3n) is 3.33. The molecule has 0 unspecified atom stereocenters. The van der Waals surface area contributed by atoms with Crippen molar-refractivity contribution in [2.24, 2.45) is 0 Å². The number of aryl methyl sites for hydroxylation is 2. The molecule has 100 valence electrons. The predicted octanol–water partition coefficient (Wildman–Crippen LogP) is 3.56. The maximum atomic E-state index is 5.80. The smallest absolute Gasteiger partial charge is 0.0369 e. The molecule has 0 aliphatic heterocycles. The van der Waals surface area contributed by atoms with E-state index in [0.29, 0.717) is 0 Å². The van der Waals surface area contributed by atoms with Gasteiger partial charge in [0.25, 0.3) is 0 Å². The lowest BCUT2D eigenvalue weighted by atomic mass is 10.1. The standard InChI is InChI=1S/C17H22N2/c1-13-9-14(2)11-17(10-13)19(3)8-7-15-5-4-6-16(18)12-15/h4-6,9-12H,7-8,18H2,1-3H3. The van der Waals surface area contributed by atoms with Gasteiger partial charge >= 0.3 is 0 Å². The number of nitrogens with zero attached hydrogens (tertiary/aromatic N) is 1. The Morgan fingerprint density at radius 1 is 1.00 bits per heavy atom. The molecule has 2 rings (SSSR count). The van der Waals surface area contributed by atoms with Gasteiger partial charge in [0.05, 0.1) is 0 Å². The molecule has 2 heteroatoms. The highest BCUT2D eigenvalue weighted by atomic mass is 15.1. The van der Waals surface area contributed by atoms with Gasteiger partial charge in [0, 0.05) is 25.0 Å². The topological polar surface area (TPSA) is 29.3 Å². The number of anilines is 2. The van der Waals surface area contributed by atoms with Crippen molar-refractivity contribution in [2.45, 2.75) is 20.3 Å². The summed E-state index contributed by atoms with van der Waals surface area (Å²) in [5.74, 6) is 0. The van der Waals surface area contributed by atoms with E-state index in [9.17, 15) is 0 Å². The van der Waals surface area contributed by atoms with E-state index in [-0.39, 0.29) is 0 Å². The van der Waals surface area contributed by atoms with Crippen molar-refractivity contribution in [3.05, 3.63) is 59.2 Å². The van der Waals surface area contributed by atoms with Gasteiger partial charge in [0.2, 0.25) is 0 Å². The van der Waals surface area contributed by atoms with Crippen LogP contribution >= 0.6 is 0 Å². The van der Waals surface area contributed by atoms with Crippen molar-refractivity contribution >= 4 is 11.4 Å². The summed E-state index contributed by atoms with van der Waals surface area (Å²) in [4.78, 5) is 2.29. The molecule has 0 fully saturated rings. The Hall–Kier alpha value is -1.96. The van der Waals surface area contributed by atoms with Crippen LogP contribution < -0.4 is 10.6 Å². The molecule has 2 nitrogen and oxygen atoms in total. The van der Waals surface area contributed by atoms with Crippen LogP contribution in [0.1, 0.15) is 16.7 Å². The number of rotatable bonds is 4. The first-order valence-corrected chi connectivity index (χ1v) is 6.68. The third-order valence-corrected chi connectivity index (χ3v) is 3.33. The molecule has 19 heavy (non-hydrogen) atoms. The molecule has 2 aromatic rings. The monoisotopic (exact) mass is 254 g/mol. The van der Waals surface area contributed by atoms with Gasteiger partial charge in [-0.3, -0.25) is 0 Å². The average molecular weight is 254 g/mol. The Morgan fingerprint density at radius 3 is 2.32 bits per heavy atom. The van der Waals surface area contributed by atoms with Gasteiger partial charge in [0.1, 0.15) is 0 Å². The van der Waals surface area contributed by atoms with Crippen molar-refractivity contribution in [2.75, 3.05) is 24.2 Å². The van der Waals surface area contributed by atoms with Gasteiger partial charge in [-0.2, -0.15) is 0 Å². The number of hydrogen-bond donors (Lipinski definition) is 1. The Labute approximate surface area is 115 Å². The molecule has 0 saturated carbocycles. The van der Waals surface area contributed by atoms with Gasteiger partial charge in [-0.25, -0.2) is 0 Å². The maximum Gasteiger partial charge on any atom is 0.0369 e. The SMILES string of the molecule is Cc1cc(C)cc(N(C)CCc2cccc(N)c2)c1. The lowest BCUT2D eigenvalue weighted by Crippen LogP contribution is -2.20. The molecular formula is C17H22N2. The number of nitrogens with two attached hydrogens (primary N) is 1. The van der Waals surface area contributed by atoms with Crippen molar-refractivity contribution in [3.63, 3.8) is 0 Å². The number of likely N-dealkylation sites (N-methyl/N-ethyl adjacent to an activating group) is 1. The van der Waals surface area contributed by atoms with Gasteiger partial charge in [-0.05, 0) is 61.2 Å². The van der Waals surface area contributed by atoms with E-state index in [4.69, 9.17) is 5.73 Å². The fourth-order valence-corrected chi connectivity index (χ4v) is 2.35. The third kappa shape index (κ3) is 3.75. The van der Waals surface area contributed by atoms with Crippen LogP contribution in [0, 0.1) is 13.8 Å². The predicted molar refractivity (Wildman–Crippen MR) is 83.7 cm³/mol. The van der Waals surface area contributed by atoms with Crippen LogP contribution in [0.2, 0.25) is 0 Å². The van der Waals surface area contributed by atoms with Crippen LogP contribution in [0.25, 0.3) is 0 Å². The highest BCUT2D eigenvalue weighted by molar-refractivity contribution is 5.50. The van der Waals surface area contributed by atoms with Gasteiger partial charge < -0.3 is 10.6 Å². The molecule has 0 aliphatic carbocycles. The summed E-state index contributed by atoms with van der Waals surface area (Å²) in [6.07, 6.45) is 1.01. The molecule has 0 amide bonds. The van der Waals surface area contributed by atoms with E-state index in [2.05, 4.69) is 56.1 Å². The quantitative estimate of drug-likeness (QED) is 0.845. The van der Waals surface area contributed by atoms with E-state index < -0.39 is 0 Å². The van der Waals surface area contributed by atoms with Crippen LogP contribution in [0.5, 0.6) is 0 Å². The molecule has 0 radical (unpaired) electrons. The summed E-state index contributed by atoms with van der Waals surface area (Å²) in [7, 11) is 2.14. The van der Waals surface area contributed by atoms with Crippen molar-refractivity contribution in [1.82, 2.24) is 0 Å². The van der Waals surface area contributed by atoms with Gasteiger partial charge in [0.15, 0.2) is 0 Å². The minimum atomic E-state index is 0.839. The molecule has 0 saturated heterocycles. The Balaban J connectivity index is 2.03. The lowest BCUT2D eigenvalue weighted by Gasteiger charge is -2.20. The van der Waals surface area contributed by atoms with E-state index >= 15 is 0 Å². The molecule has 2 aromatic carbocycles. The molecule has 2 N–H and O–H groups in total. The highest BCUT2D eigenvalue weighted by Crippen LogP contribution is 2.18. The van der Waals surface area contributed by atoms with Crippen LogP contribution in [0.4, 0.5) is 11.4 Å². The Morgan fingerprint density at radius 2 is 1.68 bits per heavy atom. The normalized spacial score (nSPS) is 10.5. The molecule has 0 atom stereocenters. The van der Waals surface area contributed by atoms with Crippen LogP contribution in [-0.2, 0) is 6.42 Å². The molecule has 0 aliphatic rings. The first-order chi connectivity index (χ1) is 9.04. The van der Waals surface area contributed by atoms with Crippen molar-refractivity contribution < 1.29 is 0 Å². The van der Waals surface area contributed by atoms with Crippen molar-refractivity contribution in [1.29, 1.82) is 0 Å². The number of nitrogen functional groups attached to an aromatic ring is 1. The second kappa shape index (κ2) is 5.79. The van der Waals surface area contributed by atoms with Crippen LogP contribution in [0.15, 0.2) is 42.5 Å². The summed E-state index contributed by atoms with van der Waals surface area (Å²) in [5, 5.41) is 0. The van der Waals surface area contributed by atoms with Crippen LogP contribution in [0.3, 0.4) is 0 Å². The zero-order valence-corrected chi connectivity index (χ0v) is 12.0. The zero-order chi connectivity index (χ0) is 13.8. The summed E-state index contributed by atoms with van der Waals surface area (Å²) < 4.78 is 0. The number of benzene rings is 2. The van der Waals surface area contributed by atoms with E-state index in [0.717, 1.165) is 18.7 Å². The minimum absolute atomic E-state index is 0.839. The molecular weight excluding hydrogens is 232 g/mol. The molecule has 0 heterocycles. The fraction of sp³-hybridized carbons (Fsp3) is 0.294. The fourth-order valence-electron chi connectivity index (χ4n) is 2.35. The summed E-state index contributed by atoms with van der Waals surface area (Å²) >= 11 is 0. The largest absolute Gasteiger partial charge is 0.399 e. The summed E-state index contributed by atoms with van der Waals surface area (Å²) in [6.45, 7) is 5.27. The average Bonchev–Trinajstić information content (AvgIpc) is 2.35. The van der Waals surface area contributed by atoms with Gasteiger partial charge in [-0.1, -0.05) is 18.2 Å². The summed E-state index contributed by atoms with van der Waals surface area (Å²) in [6, 6.07) is 14.8. The maximum absolute atomic E-state index is 5.80. The lowest BCUT2D eigenvalue weighted by molar-refractivity contribution is 0.876. The minimum Gasteiger partial charge on any atom is -0.399 e. The Bertz CT molecular complexity index is 541. The van der Waals surface area contributed by atoms with Gasteiger partial charge in [-0.15, -0.1) is 0 Å². The first kappa shape index (κ1) is 13.5. The molecule has 0 bridgehead atoms. The Kier molecular flexibility index (Phi) is 4.10. The van der Waals surface area contributed by atoms with Crippen molar-refractivity contribution in [3.8, 4) is 0 Å². The second-order valence-electron chi connectivity index (χ2n) is 5.26. The van der Waals surface area contributed by atoms with E-state index in [1.54, 1.807) is 0 Å². The summed E-state index contributed by atoms with van der Waals surface area (Å²) in [5.41, 5.74) is 11.8. The first-order valence-electron chi connectivity index (χ1n) is 6.68. The van der Waals surface area contributed by atoms with E-state index in [1.165, 1.54) is 22.4 Å².